The Balaban J connectivity index is 2.49. The Kier molecular flexibility index (Phi) is 3.44. The summed E-state index contributed by atoms with van der Waals surface area (Å²) in [5.41, 5.74) is 2.46. The number of hydrogen-bond acceptors (Lipinski definition) is 4. The van der Waals surface area contributed by atoms with Crippen molar-refractivity contribution in [3.63, 3.8) is 0 Å². The molecule has 0 saturated carbocycles. The molecule has 0 amide bonds. The van der Waals surface area contributed by atoms with Crippen LogP contribution in [-0.4, -0.2) is 20.4 Å². The van der Waals surface area contributed by atoms with Crippen LogP contribution in [0.15, 0.2) is 10.9 Å². The topological polar surface area (TPSA) is 47.8 Å². The van der Waals surface area contributed by atoms with E-state index in [-0.39, 0.29) is 10.8 Å². The van der Waals surface area contributed by atoms with Gasteiger partial charge in [-0.1, -0.05) is 0 Å². The molecule has 0 aliphatic rings. The molecule has 7 heteroatoms. The molecule has 0 radical (unpaired) electrons. The molecule has 0 unspecified atom stereocenters. The first-order chi connectivity index (χ1) is 9.52. The molecular weight excluding hydrogens is 317 g/mol. The van der Waals surface area contributed by atoms with Gasteiger partial charge in [0.05, 0.1) is 5.52 Å². The Hall–Kier alpha value is -1.17. The number of pyridine rings is 1. The zero-order valence-corrected chi connectivity index (χ0v) is 13.2. The molecule has 0 fully saturated rings. The third kappa shape index (κ3) is 2.01. The lowest BCUT2D eigenvalue weighted by atomic mass is 10.1. The second-order valence-corrected chi connectivity index (χ2v) is 6.28. The lowest BCUT2D eigenvalue weighted by Gasteiger charge is -2.05. The normalized spacial score (nSPS) is 11.6. The van der Waals surface area contributed by atoms with Gasteiger partial charge in [-0.05, 0) is 37.1 Å². The SMILES string of the molecule is Cc1cc(C)c2c(n1)sc1c(=O)n(CCCl)c(Cl)nc12. The van der Waals surface area contributed by atoms with Crippen LogP contribution in [0.2, 0.25) is 5.28 Å². The van der Waals surface area contributed by atoms with Crippen LogP contribution in [-0.2, 0) is 6.54 Å². The Morgan fingerprint density at radius 3 is 2.80 bits per heavy atom. The van der Waals surface area contributed by atoms with Crippen molar-refractivity contribution in [1.82, 2.24) is 14.5 Å². The molecule has 0 spiro atoms. The van der Waals surface area contributed by atoms with Crippen molar-refractivity contribution in [3.05, 3.63) is 33.0 Å². The predicted octanol–water partition coefficient (Wildman–Crippen LogP) is 3.52. The highest BCUT2D eigenvalue weighted by molar-refractivity contribution is 7.25. The summed E-state index contributed by atoms with van der Waals surface area (Å²) >= 11 is 13.2. The minimum atomic E-state index is -0.152. The quantitative estimate of drug-likeness (QED) is 0.534. The Bertz CT molecular complexity index is 885. The number of fused-ring (bicyclic) bond motifs is 3. The third-order valence-corrected chi connectivity index (χ3v) is 4.65. The average molecular weight is 328 g/mol. The molecule has 3 heterocycles. The molecule has 0 aliphatic carbocycles. The second kappa shape index (κ2) is 4.98. The Morgan fingerprint density at radius 2 is 2.10 bits per heavy atom. The zero-order valence-electron chi connectivity index (χ0n) is 10.9. The summed E-state index contributed by atoms with van der Waals surface area (Å²) in [6.07, 6.45) is 0. The summed E-state index contributed by atoms with van der Waals surface area (Å²) in [5, 5.41) is 1.08. The van der Waals surface area contributed by atoms with E-state index in [1.54, 1.807) is 0 Å². The van der Waals surface area contributed by atoms with Crippen LogP contribution in [0.5, 0.6) is 0 Å². The summed E-state index contributed by atoms with van der Waals surface area (Å²) in [7, 11) is 0. The molecule has 3 aromatic rings. The average Bonchev–Trinajstić information content (AvgIpc) is 2.73. The summed E-state index contributed by atoms with van der Waals surface area (Å²) in [5.74, 6) is 0.314. The Morgan fingerprint density at radius 1 is 1.35 bits per heavy atom. The van der Waals surface area contributed by atoms with E-state index < -0.39 is 0 Å². The highest BCUT2D eigenvalue weighted by Crippen LogP contribution is 2.32. The number of thiophene rings is 1. The molecule has 3 aromatic heterocycles. The number of alkyl halides is 1. The maximum atomic E-state index is 12.5. The van der Waals surface area contributed by atoms with Gasteiger partial charge < -0.3 is 0 Å². The van der Waals surface area contributed by atoms with Gasteiger partial charge in [0.25, 0.3) is 5.56 Å². The van der Waals surface area contributed by atoms with Crippen molar-refractivity contribution >= 4 is 55.0 Å². The smallest absolute Gasteiger partial charge is 0.272 e. The van der Waals surface area contributed by atoms with Crippen LogP contribution in [0.1, 0.15) is 11.3 Å². The minimum Gasteiger partial charge on any atom is -0.281 e. The van der Waals surface area contributed by atoms with Gasteiger partial charge in [0.1, 0.15) is 9.53 Å². The molecule has 104 valence electrons. The number of aromatic nitrogens is 3. The summed E-state index contributed by atoms with van der Waals surface area (Å²) in [6, 6.07) is 1.98. The van der Waals surface area contributed by atoms with Gasteiger partial charge >= 0.3 is 0 Å². The zero-order chi connectivity index (χ0) is 14.4. The lowest BCUT2D eigenvalue weighted by molar-refractivity contribution is 0.725. The van der Waals surface area contributed by atoms with Gasteiger partial charge in [-0.3, -0.25) is 9.36 Å². The van der Waals surface area contributed by atoms with E-state index in [1.165, 1.54) is 15.9 Å². The standard InChI is InChI=1S/C13H11Cl2N3OS/c1-6-5-7(2)16-11-8(6)9-10(20-11)12(19)18(4-3-14)13(15)17-9/h5H,3-4H2,1-2H3. The fraction of sp³-hybridized carbons (Fsp3) is 0.308. The number of aryl methyl sites for hydroxylation is 2. The van der Waals surface area contributed by atoms with E-state index in [4.69, 9.17) is 23.2 Å². The monoisotopic (exact) mass is 327 g/mol. The highest BCUT2D eigenvalue weighted by Gasteiger charge is 2.17. The first-order valence-corrected chi connectivity index (χ1v) is 7.78. The van der Waals surface area contributed by atoms with Crippen molar-refractivity contribution in [3.8, 4) is 0 Å². The van der Waals surface area contributed by atoms with E-state index >= 15 is 0 Å². The van der Waals surface area contributed by atoms with Crippen LogP contribution < -0.4 is 5.56 Å². The van der Waals surface area contributed by atoms with E-state index in [2.05, 4.69) is 9.97 Å². The van der Waals surface area contributed by atoms with Gasteiger partial charge in [-0.15, -0.1) is 22.9 Å². The summed E-state index contributed by atoms with van der Waals surface area (Å²) in [6.45, 7) is 4.27. The van der Waals surface area contributed by atoms with E-state index in [0.29, 0.717) is 22.6 Å². The molecule has 20 heavy (non-hydrogen) atoms. The van der Waals surface area contributed by atoms with E-state index in [9.17, 15) is 4.79 Å². The Labute approximate surface area is 129 Å². The first-order valence-electron chi connectivity index (χ1n) is 6.05. The molecule has 0 atom stereocenters. The molecular formula is C13H11Cl2N3OS. The third-order valence-electron chi connectivity index (χ3n) is 3.14. The van der Waals surface area contributed by atoms with Crippen LogP contribution in [0.25, 0.3) is 20.4 Å². The number of hydrogen-bond donors (Lipinski definition) is 0. The molecule has 0 aliphatic heterocycles. The predicted molar refractivity (Wildman–Crippen MR) is 84.4 cm³/mol. The molecule has 0 N–H and O–H groups in total. The van der Waals surface area contributed by atoms with Crippen LogP contribution in [0, 0.1) is 13.8 Å². The molecule has 4 nitrogen and oxygen atoms in total. The van der Waals surface area contributed by atoms with Crippen molar-refractivity contribution < 1.29 is 0 Å². The number of rotatable bonds is 2. The first kappa shape index (κ1) is 13.8. The maximum absolute atomic E-state index is 12.5. The maximum Gasteiger partial charge on any atom is 0.272 e. The van der Waals surface area contributed by atoms with Gasteiger partial charge in [0, 0.05) is 23.5 Å². The van der Waals surface area contributed by atoms with Crippen LogP contribution in [0.4, 0.5) is 0 Å². The van der Waals surface area contributed by atoms with Crippen molar-refractivity contribution in [2.75, 3.05) is 5.88 Å². The fourth-order valence-corrected chi connectivity index (χ4v) is 3.91. The minimum absolute atomic E-state index is 0.152. The number of nitrogens with zero attached hydrogens (tertiary/aromatic N) is 3. The largest absolute Gasteiger partial charge is 0.281 e. The lowest BCUT2D eigenvalue weighted by Crippen LogP contribution is -2.22. The van der Waals surface area contributed by atoms with Crippen molar-refractivity contribution in [2.45, 2.75) is 20.4 Å². The van der Waals surface area contributed by atoms with Crippen LogP contribution >= 0.6 is 34.5 Å². The molecule has 0 aromatic carbocycles. The van der Waals surface area contributed by atoms with E-state index in [1.807, 2.05) is 19.9 Å². The highest BCUT2D eigenvalue weighted by atomic mass is 35.5. The second-order valence-electron chi connectivity index (χ2n) is 4.57. The molecule has 3 rings (SSSR count). The fourth-order valence-electron chi connectivity index (χ4n) is 2.31. The molecule has 0 bridgehead atoms. The number of halogens is 2. The van der Waals surface area contributed by atoms with E-state index in [0.717, 1.165) is 21.5 Å². The van der Waals surface area contributed by atoms with Gasteiger partial charge in [0.2, 0.25) is 5.28 Å². The summed E-state index contributed by atoms with van der Waals surface area (Å²) < 4.78 is 1.98. The summed E-state index contributed by atoms with van der Waals surface area (Å²) in [4.78, 5) is 22.1. The van der Waals surface area contributed by atoms with Crippen LogP contribution in [0.3, 0.4) is 0 Å². The van der Waals surface area contributed by atoms with Gasteiger partial charge in [-0.2, -0.15) is 0 Å². The van der Waals surface area contributed by atoms with Gasteiger partial charge in [0.15, 0.2) is 0 Å². The van der Waals surface area contributed by atoms with Gasteiger partial charge in [-0.25, -0.2) is 9.97 Å². The molecule has 0 saturated heterocycles. The van der Waals surface area contributed by atoms with Crippen molar-refractivity contribution in [1.29, 1.82) is 0 Å². The van der Waals surface area contributed by atoms with Crippen molar-refractivity contribution in [2.24, 2.45) is 0 Å².